The lowest BCUT2D eigenvalue weighted by Crippen LogP contribution is -2.37. The van der Waals surface area contributed by atoms with Crippen LogP contribution in [0.3, 0.4) is 0 Å². The number of benzene rings is 2. The molecule has 3 N–H and O–H groups in total. The number of rotatable bonds is 10. The molecule has 6 aromatic heterocycles. The maximum Gasteiger partial charge on any atom is 0.586 e. The van der Waals surface area contributed by atoms with Gasteiger partial charge in [0.05, 0.1) is 17.4 Å². The molecule has 2 saturated carbocycles. The van der Waals surface area contributed by atoms with Gasteiger partial charge in [-0.2, -0.15) is 0 Å². The van der Waals surface area contributed by atoms with Gasteiger partial charge >= 0.3 is 6.29 Å². The zero-order valence-corrected chi connectivity index (χ0v) is 46.0. The highest BCUT2D eigenvalue weighted by Crippen LogP contribution is 2.48. The largest absolute Gasteiger partial charge is 0.586 e. The fourth-order valence-electron chi connectivity index (χ4n) is 9.64. The van der Waals surface area contributed by atoms with Gasteiger partial charge in [-0.25, -0.2) is 47.5 Å². The summed E-state index contributed by atoms with van der Waals surface area (Å²) < 4.78 is 94.8. The van der Waals surface area contributed by atoms with Gasteiger partial charge in [0.2, 0.25) is 35.6 Å². The summed E-state index contributed by atoms with van der Waals surface area (Å²) in [5, 5.41) is 8.40. The third-order valence-corrected chi connectivity index (χ3v) is 13.4. The van der Waals surface area contributed by atoms with Gasteiger partial charge < -0.3 is 9.47 Å². The number of hydrogen-bond donors (Lipinski definition) is 3. The Kier molecular flexibility index (Phi) is 15.0. The first-order chi connectivity index (χ1) is 37.4. The Morgan fingerprint density at radius 1 is 0.575 bits per heavy atom. The molecule has 2 aromatic carbocycles. The van der Waals surface area contributed by atoms with E-state index < -0.39 is 29.9 Å². The van der Waals surface area contributed by atoms with Gasteiger partial charge in [-0.1, -0.05) is 54.9 Å². The molecule has 1 aliphatic heterocycles. The van der Waals surface area contributed by atoms with Gasteiger partial charge in [-0.05, 0) is 111 Å². The average Bonchev–Trinajstić information content (AvgIpc) is 4.26. The Balaban J connectivity index is 0.000000146. The third kappa shape index (κ3) is 13.1. The highest BCUT2D eigenvalue weighted by atomic mass is 19.3. The molecule has 11 rings (SSSR count). The Bertz CT molecular complexity index is 3680. The second kappa shape index (κ2) is 21.2. The molecule has 0 atom stereocenters. The molecule has 8 aromatic rings. The van der Waals surface area contributed by atoms with Crippen molar-refractivity contribution in [3.05, 3.63) is 102 Å². The van der Waals surface area contributed by atoms with Crippen LogP contribution in [0.4, 0.5) is 44.2 Å². The molecular formula is C57H62F6N12O5. The molecule has 0 radical (unpaired) electrons. The highest BCUT2D eigenvalue weighted by Gasteiger charge is 2.48. The predicted octanol–water partition coefficient (Wildman–Crippen LogP) is 13.0. The second-order valence-electron chi connectivity index (χ2n) is 23.5. The lowest BCUT2D eigenvalue weighted by molar-refractivity contribution is -0.286. The Morgan fingerprint density at radius 2 is 1.02 bits per heavy atom. The number of aromatic nitrogens is 9. The first-order valence-corrected chi connectivity index (χ1v) is 26.1. The fourth-order valence-corrected chi connectivity index (χ4v) is 9.64. The molecule has 80 heavy (non-hydrogen) atoms. The zero-order chi connectivity index (χ0) is 57.9. The maximum absolute atomic E-state index is 13.8. The molecule has 3 amide bonds. The fraction of sp³-hybridized carbons (Fsp3) is 0.421. The topological polar surface area (TPSA) is 198 Å². The highest BCUT2D eigenvalue weighted by molar-refractivity contribution is 5.94. The number of halogens is 6. The quantitative estimate of drug-likeness (QED) is 0.110. The van der Waals surface area contributed by atoms with E-state index >= 15 is 0 Å². The van der Waals surface area contributed by atoms with Crippen LogP contribution in [0.1, 0.15) is 123 Å². The van der Waals surface area contributed by atoms with Crippen LogP contribution in [0.25, 0.3) is 44.9 Å². The first-order valence-electron chi connectivity index (χ1n) is 26.1. The van der Waals surface area contributed by atoms with Gasteiger partial charge in [-0.3, -0.25) is 44.0 Å². The van der Waals surface area contributed by atoms with Crippen LogP contribution >= 0.6 is 0 Å². The van der Waals surface area contributed by atoms with E-state index in [9.17, 15) is 40.7 Å². The third-order valence-electron chi connectivity index (χ3n) is 13.4. The number of amides is 3. The van der Waals surface area contributed by atoms with Crippen molar-refractivity contribution in [1.82, 2.24) is 43.6 Å². The van der Waals surface area contributed by atoms with E-state index in [2.05, 4.69) is 62.3 Å². The van der Waals surface area contributed by atoms with Crippen LogP contribution in [-0.4, -0.2) is 73.5 Å². The molecule has 7 heterocycles. The molecule has 0 bridgehead atoms. The minimum Gasteiger partial charge on any atom is -0.395 e. The van der Waals surface area contributed by atoms with Gasteiger partial charge in [0.1, 0.15) is 28.2 Å². The van der Waals surface area contributed by atoms with Gasteiger partial charge in [0.15, 0.2) is 28.4 Å². The lowest BCUT2D eigenvalue weighted by atomic mass is 9.68. The number of ether oxygens (including phenoxy) is 2. The molecular weight excluding hydrogens is 1050 g/mol. The zero-order valence-electron chi connectivity index (χ0n) is 46.0. The molecule has 422 valence electrons. The number of nitrogens with one attached hydrogen (secondary N) is 3. The van der Waals surface area contributed by atoms with Gasteiger partial charge in [0.25, 0.3) is 5.92 Å². The van der Waals surface area contributed by atoms with Crippen LogP contribution in [0.15, 0.2) is 72.8 Å². The summed E-state index contributed by atoms with van der Waals surface area (Å²) >= 11 is 0. The summed E-state index contributed by atoms with van der Waals surface area (Å²) in [5.41, 5.74) is 5.74. The van der Waals surface area contributed by atoms with Crippen molar-refractivity contribution in [1.29, 1.82) is 0 Å². The van der Waals surface area contributed by atoms with E-state index in [1.54, 1.807) is 45.5 Å². The molecule has 3 aliphatic rings. The number of anilines is 3. The normalized spacial score (nSPS) is 16.0. The lowest BCUT2D eigenvalue weighted by Gasteiger charge is -2.37. The molecule has 0 spiro atoms. The van der Waals surface area contributed by atoms with Crippen molar-refractivity contribution in [3.8, 4) is 22.9 Å². The van der Waals surface area contributed by atoms with Gasteiger partial charge in [0, 0.05) is 61.3 Å². The molecule has 23 heteroatoms. The van der Waals surface area contributed by atoms with Crippen molar-refractivity contribution in [2.24, 2.45) is 16.2 Å². The van der Waals surface area contributed by atoms with E-state index in [0.717, 1.165) is 42.4 Å². The number of carbonyl (C=O) groups excluding carboxylic acids is 3. The van der Waals surface area contributed by atoms with Gasteiger partial charge in [-0.15, -0.1) is 8.78 Å². The summed E-state index contributed by atoms with van der Waals surface area (Å²) in [6.07, 6.45) is -0.0455. The minimum atomic E-state index is -3.71. The number of carbonyl (C=O) groups is 3. The number of nitrogens with zero attached hydrogens (tertiary/aromatic N) is 9. The number of pyridine rings is 3. The molecule has 17 nitrogen and oxygen atoms in total. The number of imidazole rings is 3. The Labute approximate surface area is 456 Å². The maximum atomic E-state index is 13.8. The summed E-state index contributed by atoms with van der Waals surface area (Å²) in [6.45, 7) is 19.3. The number of fused-ring (bicyclic) bond motifs is 4. The average molecular weight is 1110 g/mol. The van der Waals surface area contributed by atoms with E-state index in [4.69, 9.17) is 0 Å². The predicted molar refractivity (Wildman–Crippen MR) is 289 cm³/mol. The number of alkyl halides is 4. The van der Waals surface area contributed by atoms with E-state index in [1.807, 2.05) is 68.4 Å². The number of aryl methyl sites for hydroxylation is 3. The standard InChI is InChI=1S/C20H20F2N4O3.C20H20F2N4O.C17H22F2N4O/c1-11-5-7-13-17(23-11)26(18(24-13)25-16(27)10-19(2,3)4)12-6-8-14-15(9-12)29-20(21,22)28-14;1-12-4-5-16-18(23-12)26(15-9-13(21)8-14(22)10-15)19(24-16)25-17(27)11-20(2)6-3-7-20;1-10-5-6-12-14(20-10)23(11-7-17(18,19)8-11)15(21-12)22-13(24)9-16(2,3)4/h5-9H,10H2,1-4H3,(H,24,25,27);4-5,8-10H,3,6-7,11H2,1-2H3,(H,24,25,27);5-6,11H,7-9H2,1-4H3,(H,21,22,24). The van der Waals surface area contributed by atoms with Crippen molar-refractivity contribution in [2.45, 2.75) is 139 Å². The number of hydrogen-bond acceptors (Lipinski definition) is 11. The van der Waals surface area contributed by atoms with Crippen LogP contribution in [0, 0.1) is 48.7 Å². The summed E-state index contributed by atoms with van der Waals surface area (Å²) in [6, 6.07) is 17.9. The molecule has 0 unspecified atom stereocenters. The molecule has 2 fully saturated rings. The Morgan fingerprint density at radius 3 is 1.51 bits per heavy atom. The monoisotopic (exact) mass is 1110 g/mol. The molecule has 0 saturated heterocycles. The SMILES string of the molecule is Cc1ccc2nc(NC(=O)CC(C)(C)C)n(-c3ccc4c(c3)OC(F)(F)O4)c2n1.Cc1ccc2nc(NC(=O)CC(C)(C)C)n(C3CC(F)(F)C3)c2n1.Cc1ccc2nc(NC(=O)CC3(C)CCC3)n(-c3cc(F)cc(F)c3)c2n1. The Hall–Kier alpha value is -8.11. The first kappa shape index (κ1) is 56.6. The van der Waals surface area contributed by atoms with Crippen LogP contribution in [0.2, 0.25) is 0 Å². The van der Waals surface area contributed by atoms with Crippen molar-refractivity contribution in [2.75, 3.05) is 16.0 Å². The summed E-state index contributed by atoms with van der Waals surface area (Å²) in [7, 11) is 0. The summed E-state index contributed by atoms with van der Waals surface area (Å²) in [5.74, 6) is -4.03. The van der Waals surface area contributed by atoms with Crippen LogP contribution in [0.5, 0.6) is 11.5 Å². The van der Waals surface area contributed by atoms with Crippen LogP contribution < -0.4 is 25.4 Å². The van der Waals surface area contributed by atoms with Crippen molar-refractivity contribution in [3.63, 3.8) is 0 Å². The minimum absolute atomic E-state index is 0.0146. The summed E-state index contributed by atoms with van der Waals surface area (Å²) in [4.78, 5) is 64.0. The molecule has 2 aliphatic carbocycles. The smallest absolute Gasteiger partial charge is 0.395 e. The van der Waals surface area contributed by atoms with E-state index in [0.29, 0.717) is 58.0 Å². The second-order valence-corrected chi connectivity index (χ2v) is 23.5. The van der Waals surface area contributed by atoms with E-state index in [-0.39, 0.29) is 82.3 Å². The van der Waals surface area contributed by atoms with Crippen molar-refractivity contribution < 1.29 is 50.2 Å². The van der Waals surface area contributed by atoms with E-state index in [1.165, 1.54) is 28.8 Å². The van der Waals surface area contributed by atoms with Crippen molar-refractivity contribution >= 4 is 69.1 Å². The van der Waals surface area contributed by atoms with Crippen LogP contribution in [-0.2, 0) is 14.4 Å².